The van der Waals surface area contributed by atoms with Gasteiger partial charge in [-0.05, 0) is 26.0 Å². The van der Waals surface area contributed by atoms with E-state index in [2.05, 4.69) is 10.3 Å². The van der Waals surface area contributed by atoms with Crippen LogP contribution in [0.2, 0.25) is 0 Å². The van der Waals surface area contributed by atoms with Crippen molar-refractivity contribution < 1.29 is 4.74 Å². The first-order valence-electron chi connectivity index (χ1n) is 5.21. The fourth-order valence-electron chi connectivity index (χ4n) is 1.12. The van der Waals surface area contributed by atoms with Gasteiger partial charge in [0, 0.05) is 18.3 Å². The Morgan fingerprint density at radius 3 is 2.81 bits per heavy atom. The highest BCUT2D eigenvalue weighted by atomic mass is 32.1. The third kappa shape index (κ3) is 4.55. The van der Waals surface area contributed by atoms with Crippen LogP contribution in [0.15, 0.2) is 18.3 Å². The van der Waals surface area contributed by atoms with E-state index in [1.54, 1.807) is 6.20 Å². The van der Waals surface area contributed by atoms with Gasteiger partial charge in [-0.1, -0.05) is 12.2 Å². The predicted molar refractivity (Wildman–Crippen MR) is 69.7 cm³/mol. The Labute approximate surface area is 101 Å². The second-order valence-electron chi connectivity index (χ2n) is 3.64. The molecule has 0 aliphatic rings. The molecule has 0 saturated heterocycles. The fourth-order valence-corrected chi connectivity index (χ4v) is 1.24. The van der Waals surface area contributed by atoms with Crippen LogP contribution in [0.1, 0.15) is 19.4 Å². The summed E-state index contributed by atoms with van der Waals surface area (Å²) in [6.07, 6.45) is 1.92. The lowest BCUT2D eigenvalue weighted by Crippen LogP contribution is -2.14. The molecule has 16 heavy (non-hydrogen) atoms. The Balaban J connectivity index is 2.35. The van der Waals surface area contributed by atoms with E-state index in [0.29, 0.717) is 11.6 Å². The minimum Gasteiger partial charge on any atom is -0.389 e. The number of rotatable bonds is 6. The van der Waals surface area contributed by atoms with Crippen LogP contribution >= 0.6 is 12.2 Å². The number of nitrogens with zero attached hydrogens (tertiary/aromatic N) is 1. The lowest BCUT2D eigenvalue weighted by atomic mass is 10.3. The quantitative estimate of drug-likeness (QED) is 0.582. The molecule has 0 amide bonds. The number of hydrogen-bond acceptors (Lipinski definition) is 4. The molecule has 5 heteroatoms. The molecule has 1 rings (SSSR count). The van der Waals surface area contributed by atoms with Crippen LogP contribution in [0, 0.1) is 0 Å². The second kappa shape index (κ2) is 6.40. The zero-order chi connectivity index (χ0) is 12.0. The molecule has 1 aromatic rings. The Kier molecular flexibility index (Phi) is 5.14. The van der Waals surface area contributed by atoms with E-state index in [0.717, 1.165) is 17.9 Å². The molecule has 0 aliphatic carbocycles. The molecule has 0 bridgehead atoms. The maximum Gasteiger partial charge on any atom is 0.125 e. The predicted octanol–water partition coefficient (Wildman–Crippen LogP) is 1.55. The molecule has 0 spiro atoms. The normalized spacial score (nSPS) is 10.4. The summed E-state index contributed by atoms with van der Waals surface area (Å²) in [6.45, 7) is 5.42. The van der Waals surface area contributed by atoms with E-state index in [1.165, 1.54) is 0 Å². The summed E-state index contributed by atoms with van der Waals surface area (Å²) >= 11 is 4.84. The SMILES string of the molecule is CC(C)OCCNc1ccc(C(N)=S)cn1. The van der Waals surface area contributed by atoms with Gasteiger partial charge in [0.25, 0.3) is 0 Å². The van der Waals surface area contributed by atoms with Crippen molar-refractivity contribution in [2.24, 2.45) is 5.73 Å². The summed E-state index contributed by atoms with van der Waals surface area (Å²) in [5.74, 6) is 0.798. The zero-order valence-electron chi connectivity index (χ0n) is 9.56. The summed E-state index contributed by atoms with van der Waals surface area (Å²) in [4.78, 5) is 4.55. The van der Waals surface area contributed by atoms with E-state index >= 15 is 0 Å². The van der Waals surface area contributed by atoms with Crippen LogP contribution in [0.5, 0.6) is 0 Å². The molecule has 0 saturated carbocycles. The number of ether oxygens (including phenoxy) is 1. The molecule has 0 radical (unpaired) electrons. The van der Waals surface area contributed by atoms with Crippen molar-refractivity contribution in [1.29, 1.82) is 0 Å². The highest BCUT2D eigenvalue weighted by Crippen LogP contribution is 2.04. The van der Waals surface area contributed by atoms with Crippen molar-refractivity contribution in [2.75, 3.05) is 18.5 Å². The number of nitrogens with one attached hydrogen (secondary N) is 1. The van der Waals surface area contributed by atoms with Crippen molar-refractivity contribution in [3.63, 3.8) is 0 Å². The first-order chi connectivity index (χ1) is 7.59. The van der Waals surface area contributed by atoms with Crippen molar-refractivity contribution in [3.05, 3.63) is 23.9 Å². The average molecular weight is 239 g/mol. The molecule has 88 valence electrons. The number of nitrogens with two attached hydrogens (primary N) is 1. The summed E-state index contributed by atoms with van der Waals surface area (Å²) in [5.41, 5.74) is 6.25. The summed E-state index contributed by atoms with van der Waals surface area (Å²) < 4.78 is 5.39. The van der Waals surface area contributed by atoms with Gasteiger partial charge in [0.05, 0.1) is 12.7 Å². The van der Waals surface area contributed by atoms with Gasteiger partial charge < -0.3 is 15.8 Å². The Hall–Kier alpha value is -1.20. The van der Waals surface area contributed by atoms with E-state index in [-0.39, 0.29) is 6.10 Å². The fraction of sp³-hybridized carbons (Fsp3) is 0.455. The molecule has 0 fully saturated rings. The van der Waals surface area contributed by atoms with Crippen molar-refractivity contribution in [3.8, 4) is 0 Å². The minimum absolute atomic E-state index is 0.256. The summed E-state index contributed by atoms with van der Waals surface area (Å²) in [5, 5.41) is 3.15. The van der Waals surface area contributed by atoms with Crippen molar-refractivity contribution in [1.82, 2.24) is 4.98 Å². The molecular formula is C11H17N3OS. The van der Waals surface area contributed by atoms with Crippen LogP contribution in [-0.4, -0.2) is 29.2 Å². The molecule has 0 aliphatic heterocycles. The van der Waals surface area contributed by atoms with Gasteiger partial charge in [0.2, 0.25) is 0 Å². The minimum atomic E-state index is 0.256. The number of aromatic nitrogens is 1. The zero-order valence-corrected chi connectivity index (χ0v) is 10.4. The van der Waals surface area contributed by atoms with Crippen molar-refractivity contribution in [2.45, 2.75) is 20.0 Å². The van der Waals surface area contributed by atoms with Crippen LogP contribution in [-0.2, 0) is 4.74 Å². The molecule has 0 unspecified atom stereocenters. The van der Waals surface area contributed by atoms with E-state index < -0.39 is 0 Å². The topological polar surface area (TPSA) is 60.2 Å². The molecule has 1 heterocycles. The second-order valence-corrected chi connectivity index (χ2v) is 4.08. The first kappa shape index (κ1) is 12.9. The Morgan fingerprint density at radius 2 is 2.31 bits per heavy atom. The molecule has 3 N–H and O–H groups in total. The van der Waals surface area contributed by atoms with Gasteiger partial charge >= 0.3 is 0 Å². The number of anilines is 1. The molecule has 0 atom stereocenters. The van der Waals surface area contributed by atoms with Crippen LogP contribution < -0.4 is 11.1 Å². The van der Waals surface area contributed by atoms with Gasteiger partial charge in [0.1, 0.15) is 10.8 Å². The smallest absolute Gasteiger partial charge is 0.125 e. The van der Waals surface area contributed by atoms with Gasteiger partial charge in [-0.15, -0.1) is 0 Å². The first-order valence-corrected chi connectivity index (χ1v) is 5.61. The Bertz CT molecular complexity index is 338. The lowest BCUT2D eigenvalue weighted by molar-refractivity contribution is 0.0870. The summed E-state index contributed by atoms with van der Waals surface area (Å²) in [6, 6.07) is 3.70. The highest BCUT2D eigenvalue weighted by Gasteiger charge is 1.98. The van der Waals surface area contributed by atoms with E-state index in [9.17, 15) is 0 Å². The average Bonchev–Trinajstić information content (AvgIpc) is 2.25. The van der Waals surface area contributed by atoms with Gasteiger partial charge in [0.15, 0.2) is 0 Å². The molecule has 4 nitrogen and oxygen atoms in total. The molecule has 1 aromatic heterocycles. The van der Waals surface area contributed by atoms with Crippen LogP contribution in [0.25, 0.3) is 0 Å². The van der Waals surface area contributed by atoms with Crippen LogP contribution in [0.4, 0.5) is 5.82 Å². The van der Waals surface area contributed by atoms with E-state index in [1.807, 2.05) is 26.0 Å². The molecule has 0 aromatic carbocycles. The maximum atomic E-state index is 5.47. The third-order valence-electron chi connectivity index (χ3n) is 1.91. The largest absolute Gasteiger partial charge is 0.389 e. The highest BCUT2D eigenvalue weighted by molar-refractivity contribution is 7.80. The van der Waals surface area contributed by atoms with Gasteiger partial charge in [-0.2, -0.15) is 0 Å². The standard InChI is InChI=1S/C11H17N3OS/c1-8(2)15-6-5-13-10-4-3-9(7-14-10)11(12)16/h3-4,7-8H,5-6H2,1-2H3,(H2,12,16)(H,13,14). The van der Waals surface area contributed by atoms with Gasteiger partial charge in [-0.3, -0.25) is 0 Å². The number of thiocarbonyl (C=S) groups is 1. The third-order valence-corrected chi connectivity index (χ3v) is 2.14. The summed E-state index contributed by atoms with van der Waals surface area (Å²) in [7, 11) is 0. The molecular weight excluding hydrogens is 222 g/mol. The van der Waals surface area contributed by atoms with E-state index in [4.69, 9.17) is 22.7 Å². The van der Waals surface area contributed by atoms with Crippen LogP contribution in [0.3, 0.4) is 0 Å². The van der Waals surface area contributed by atoms with Gasteiger partial charge in [-0.25, -0.2) is 4.98 Å². The van der Waals surface area contributed by atoms with Crippen molar-refractivity contribution >= 4 is 23.0 Å². The maximum absolute atomic E-state index is 5.47. The Morgan fingerprint density at radius 1 is 1.56 bits per heavy atom. The monoisotopic (exact) mass is 239 g/mol. The number of pyridine rings is 1. The number of hydrogen-bond donors (Lipinski definition) is 2. The lowest BCUT2D eigenvalue weighted by Gasteiger charge is -2.09.